The predicted molar refractivity (Wildman–Crippen MR) is 111 cm³/mol. The third-order valence-corrected chi connectivity index (χ3v) is 7.20. The summed E-state index contributed by atoms with van der Waals surface area (Å²) in [6.07, 6.45) is 1.35. The van der Waals surface area contributed by atoms with Gasteiger partial charge < -0.3 is 14.1 Å². The third kappa shape index (κ3) is 5.93. The maximum absolute atomic E-state index is 12.4. The van der Waals surface area contributed by atoms with Gasteiger partial charge in [0.1, 0.15) is 4.88 Å². The van der Waals surface area contributed by atoms with E-state index in [1.54, 1.807) is 12.1 Å². The van der Waals surface area contributed by atoms with Crippen LogP contribution in [0.4, 0.5) is 0 Å². The van der Waals surface area contributed by atoms with E-state index in [0.29, 0.717) is 17.8 Å². The van der Waals surface area contributed by atoms with Gasteiger partial charge in [0.2, 0.25) is 5.91 Å². The van der Waals surface area contributed by atoms with E-state index in [1.807, 2.05) is 4.90 Å². The minimum absolute atomic E-state index is 0.0446. The summed E-state index contributed by atoms with van der Waals surface area (Å²) in [7, 11) is 0.648. The molecule has 0 bridgehead atoms. The molecule has 1 aliphatic rings. The minimum atomic E-state index is -0.712. The van der Waals surface area contributed by atoms with Crippen molar-refractivity contribution in [2.45, 2.75) is 64.1 Å². The molecule has 0 radical (unpaired) electrons. The first-order chi connectivity index (χ1) is 12.5. The third-order valence-electron chi connectivity index (χ3n) is 4.46. The molecular weight excluding hydrogens is 378 g/mol. The van der Waals surface area contributed by atoms with Crippen LogP contribution >= 0.6 is 11.3 Å². The van der Waals surface area contributed by atoms with Crippen LogP contribution in [0.5, 0.6) is 0 Å². The lowest BCUT2D eigenvalue weighted by molar-refractivity contribution is -0.130. The Morgan fingerprint density at radius 1 is 1.33 bits per heavy atom. The van der Waals surface area contributed by atoms with Crippen LogP contribution in [0.3, 0.4) is 0 Å². The first kappa shape index (κ1) is 21.7. The highest BCUT2D eigenvalue weighted by Crippen LogP contribution is 2.32. The molecule has 1 aromatic heterocycles. The number of likely N-dealkylation sites (tertiary alicyclic amines) is 1. The largest absolute Gasteiger partial charge is 0.465 e. The molecule has 0 spiro atoms. The van der Waals surface area contributed by atoms with Gasteiger partial charge in [0.05, 0.1) is 30.2 Å². The van der Waals surface area contributed by atoms with Crippen molar-refractivity contribution in [1.29, 1.82) is 0 Å². The molecule has 7 heteroatoms. The summed E-state index contributed by atoms with van der Waals surface area (Å²) >= 11 is 1.30. The molecule has 2 heterocycles. The molecule has 1 saturated heterocycles. The Labute approximate surface area is 168 Å². The predicted octanol–water partition coefficient (Wildman–Crippen LogP) is 2.97. The zero-order valence-electron chi connectivity index (χ0n) is 17.0. The average Bonchev–Trinajstić information content (AvgIpc) is 3.20. The highest BCUT2D eigenvalue weighted by atomic mass is 32.1. The van der Waals surface area contributed by atoms with Gasteiger partial charge in [-0.25, -0.2) is 4.79 Å². The Hall–Kier alpha value is -1.62. The summed E-state index contributed by atoms with van der Waals surface area (Å²) in [5, 5.41) is 0.209. The Balaban J connectivity index is 2.05. The van der Waals surface area contributed by atoms with E-state index in [-0.39, 0.29) is 28.6 Å². The number of carbonyl (C=O) groups excluding carboxylic acids is 2. The maximum atomic E-state index is 12.4. The van der Waals surface area contributed by atoms with Gasteiger partial charge in [0.25, 0.3) is 0 Å². The van der Waals surface area contributed by atoms with Gasteiger partial charge in [0, 0.05) is 6.42 Å². The van der Waals surface area contributed by atoms with Crippen molar-refractivity contribution in [2.75, 3.05) is 13.7 Å². The molecule has 2 rings (SSSR count). The smallest absolute Gasteiger partial charge is 0.348 e. The summed E-state index contributed by atoms with van der Waals surface area (Å²) in [6.45, 7) is 11.1. The number of methoxy groups -OCH3 is 1. The molecular formula is C20H29NO4SSi. The lowest BCUT2D eigenvalue weighted by Gasteiger charge is -2.39. The highest BCUT2D eigenvalue weighted by molar-refractivity contribution is 7.14. The summed E-state index contributed by atoms with van der Waals surface area (Å²) in [5.41, 5.74) is -0.367. The molecule has 148 valence electrons. The number of esters is 1. The molecule has 1 atom stereocenters. The molecule has 0 aromatic carbocycles. The number of rotatable bonds is 5. The van der Waals surface area contributed by atoms with Gasteiger partial charge in [-0.1, -0.05) is 32.6 Å². The van der Waals surface area contributed by atoms with E-state index < -0.39 is 9.76 Å². The van der Waals surface area contributed by atoms with E-state index in [0.717, 1.165) is 11.3 Å². The van der Waals surface area contributed by atoms with Gasteiger partial charge in [0.15, 0.2) is 9.76 Å². The van der Waals surface area contributed by atoms with Crippen LogP contribution < -0.4 is 0 Å². The molecule has 0 unspecified atom stereocenters. The van der Waals surface area contributed by atoms with Gasteiger partial charge in [-0.15, -0.1) is 11.3 Å². The van der Waals surface area contributed by atoms with E-state index in [1.165, 1.54) is 18.4 Å². The second-order valence-corrected chi connectivity index (χ2v) is 12.3. The van der Waals surface area contributed by atoms with Crippen molar-refractivity contribution >= 4 is 33.0 Å². The lowest BCUT2D eigenvalue weighted by Crippen LogP contribution is -2.50. The van der Waals surface area contributed by atoms with Crippen LogP contribution in [0.2, 0.25) is 5.04 Å². The van der Waals surface area contributed by atoms with Crippen molar-refractivity contribution in [1.82, 2.24) is 4.90 Å². The number of ether oxygens (including phenoxy) is 1. The molecule has 1 aliphatic heterocycles. The second kappa shape index (κ2) is 8.59. The second-order valence-electron chi connectivity index (χ2n) is 8.49. The van der Waals surface area contributed by atoms with Crippen LogP contribution in [0.15, 0.2) is 12.1 Å². The summed E-state index contributed by atoms with van der Waals surface area (Å²) in [4.78, 5) is 27.0. The normalized spacial score (nSPS) is 18.1. The lowest BCUT2D eigenvalue weighted by atomic mass is 9.97. The van der Waals surface area contributed by atoms with E-state index in [9.17, 15) is 9.59 Å². The molecule has 27 heavy (non-hydrogen) atoms. The molecule has 0 saturated carbocycles. The van der Waals surface area contributed by atoms with Crippen LogP contribution in [-0.2, 0) is 14.0 Å². The molecule has 5 nitrogen and oxygen atoms in total. The van der Waals surface area contributed by atoms with Crippen LogP contribution in [0, 0.1) is 11.8 Å². The fourth-order valence-corrected chi connectivity index (χ4v) is 4.78. The van der Waals surface area contributed by atoms with Crippen molar-refractivity contribution in [2.24, 2.45) is 0 Å². The number of hydrogen-bond acceptors (Lipinski definition) is 5. The SMILES string of the molecule is COC(=O)c1ccc(C#CCN2C(=O)CC[C@@H]2C(C)(C)O[SiH2]C(C)(C)C)s1. The first-order valence-corrected chi connectivity index (χ1v) is 11.2. The standard InChI is InChI=1S/C20H29NO4SSi/c1-19(2,3)27-25-20(4,5)16-11-12-17(22)21(16)13-7-8-14-9-10-15(26-14)18(23)24-6/h9-10,16H,11-13,27H2,1-6H3/t16-/m1/s1. The quantitative estimate of drug-likeness (QED) is 0.428. The zero-order valence-corrected chi connectivity index (χ0v) is 19.3. The van der Waals surface area contributed by atoms with Gasteiger partial charge in [-0.05, 0) is 37.4 Å². The average molecular weight is 408 g/mol. The Bertz CT molecular complexity index is 754. The Morgan fingerprint density at radius 3 is 2.67 bits per heavy atom. The van der Waals surface area contributed by atoms with Gasteiger partial charge in [-0.2, -0.15) is 0 Å². The molecule has 1 amide bonds. The van der Waals surface area contributed by atoms with E-state index in [4.69, 9.17) is 9.16 Å². The molecule has 0 aliphatic carbocycles. The summed E-state index contributed by atoms with van der Waals surface area (Å²) < 4.78 is 11.0. The monoisotopic (exact) mass is 407 g/mol. The van der Waals surface area contributed by atoms with Crippen LogP contribution in [0.25, 0.3) is 0 Å². The Morgan fingerprint density at radius 2 is 2.04 bits per heavy atom. The van der Waals surface area contributed by atoms with Crippen molar-refractivity contribution in [3.63, 3.8) is 0 Å². The topological polar surface area (TPSA) is 55.8 Å². The minimum Gasteiger partial charge on any atom is -0.465 e. The Kier molecular flexibility index (Phi) is 6.90. The van der Waals surface area contributed by atoms with Crippen molar-refractivity contribution in [3.8, 4) is 11.8 Å². The van der Waals surface area contributed by atoms with E-state index >= 15 is 0 Å². The van der Waals surface area contributed by atoms with Crippen molar-refractivity contribution < 1.29 is 18.8 Å². The fourth-order valence-electron chi connectivity index (χ4n) is 2.98. The molecule has 1 aromatic rings. The van der Waals surface area contributed by atoms with E-state index in [2.05, 4.69) is 46.5 Å². The number of carbonyl (C=O) groups is 2. The van der Waals surface area contributed by atoms with Crippen molar-refractivity contribution in [3.05, 3.63) is 21.9 Å². The fraction of sp³-hybridized carbons (Fsp3) is 0.600. The zero-order chi connectivity index (χ0) is 20.2. The van der Waals surface area contributed by atoms with Gasteiger partial charge in [-0.3, -0.25) is 4.79 Å². The number of hydrogen-bond donors (Lipinski definition) is 0. The van der Waals surface area contributed by atoms with Crippen LogP contribution in [-0.4, -0.2) is 51.8 Å². The molecule has 0 N–H and O–H groups in total. The summed E-state index contributed by atoms with van der Waals surface area (Å²) in [6, 6.07) is 3.55. The number of nitrogens with zero attached hydrogens (tertiary/aromatic N) is 1. The number of amides is 1. The van der Waals surface area contributed by atoms with Gasteiger partial charge >= 0.3 is 5.97 Å². The first-order valence-electron chi connectivity index (χ1n) is 9.14. The maximum Gasteiger partial charge on any atom is 0.348 e. The summed E-state index contributed by atoms with van der Waals surface area (Å²) in [5.74, 6) is 5.92. The number of thiophene rings is 1. The van der Waals surface area contributed by atoms with Crippen LogP contribution in [0.1, 0.15) is 62.0 Å². The highest BCUT2D eigenvalue weighted by Gasteiger charge is 2.41. The molecule has 1 fully saturated rings.